The number of carbonyl (C=O) groups excluding carboxylic acids is 2. The second-order valence-corrected chi connectivity index (χ2v) is 4.57. The molecule has 0 heterocycles. The van der Waals surface area contributed by atoms with Crippen LogP contribution in [0.5, 0.6) is 0 Å². The van der Waals surface area contributed by atoms with Crippen LogP contribution in [0.15, 0.2) is 64.4 Å². The maximum Gasteiger partial charge on any atom is 0.225 e. The molecule has 0 aliphatic carbocycles. The SMILES string of the molecule is O.O=CC(=O)c1ccc(Sc2ccccc2)cc1. The van der Waals surface area contributed by atoms with E-state index in [1.54, 1.807) is 23.9 Å². The minimum Gasteiger partial charge on any atom is -0.412 e. The molecule has 0 saturated heterocycles. The molecule has 2 aromatic carbocycles. The molecular weight excluding hydrogens is 248 g/mol. The fourth-order valence-corrected chi connectivity index (χ4v) is 2.22. The highest BCUT2D eigenvalue weighted by Crippen LogP contribution is 2.27. The standard InChI is InChI=1S/C14H10O2S.H2O/c15-10-14(16)11-6-8-13(9-7-11)17-12-4-2-1-3-5-12;/h1-10H;1H2. The maximum atomic E-state index is 11.1. The highest BCUT2D eigenvalue weighted by molar-refractivity contribution is 7.99. The lowest BCUT2D eigenvalue weighted by Crippen LogP contribution is -1.98. The van der Waals surface area contributed by atoms with Gasteiger partial charge in [0, 0.05) is 15.4 Å². The van der Waals surface area contributed by atoms with E-state index >= 15 is 0 Å². The summed E-state index contributed by atoms with van der Waals surface area (Å²) in [5.41, 5.74) is 0.428. The summed E-state index contributed by atoms with van der Waals surface area (Å²) in [5, 5.41) is 0. The molecule has 0 amide bonds. The van der Waals surface area contributed by atoms with Gasteiger partial charge in [-0.15, -0.1) is 0 Å². The summed E-state index contributed by atoms with van der Waals surface area (Å²) in [6.45, 7) is 0. The van der Waals surface area contributed by atoms with Crippen molar-refractivity contribution < 1.29 is 15.1 Å². The fraction of sp³-hybridized carbons (Fsp3) is 0. The lowest BCUT2D eigenvalue weighted by Gasteiger charge is -2.01. The quantitative estimate of drug-likeness (QED) is 0.481. The van der Waals surface area contributed by atoms with Gasteiger partial charge in [-0.05, 0) is 36.4 Å². The van der Waals surface area contributed by atoms with E-state index in [2.05, 4.69) is 0 Å². The number of hydrogen-bond acceptors (Lipinski definition) is 3. The first-order valence-electron chi connectivity index (χ1n) is 5.12. The highest BCUT2D eigenvalue weighted by atomic mass is 32.2. The molecule has 4 heteroatoms. The van der Waals surface area contributed by atoms with Crippen molar-refractivity contribution in [2.24, 2.45) is 0 Å². The van der Waals surface area contributed by atoms with Gasteiger partial charge in [0.25, 0.3) is 0 Å². The number of ketones is 1. The van der Waals surface area contributed by atoms with Gasteiger partial charge >= 0.3 is 0 Å². The average molecular weight is 260 g/mol. The molecule has 0 aromatic heterocycles. The van der Waals surface area contributed by atoms with Crippen molar-refractivity contribution in [3.8, 4) is 0 Å². The lowest BCUT2D eigenvalue weighted by molar-refractivity contribution is -0.104. The van der Waals surface area contributed by atoms with Crippen molar-refractivity contribution in [3.05, 3.63) is 60.2 Å². The van der Waals surface area contributed by atoms with Gasteiger partial charge < -0.3 is 5.48 Å². The molecule has 0 bridgehead atoms. The van der Waals surface area contributed by atoms with Crippen LogP contribution < -0.4 is 0 Å². The van der Waals surface area contributed by atoms with Crippen molar-refractivity contribution in [2.45, 2.75) is 9.79 Å². The van der Waals surface area contributed by atoms with Gasteiger partial charge in [-0.2, -0.15) is 0 Å². The number of carbonyl (C=O) groups is 2. The Morgan fingerprint density at radius 2 is 1.44 bits per heavy atom. The minimum absolute atomic E-state index is 0. The van der Waals surface area contributed by atoms with Crippen LogP contribution in [0.25, 0.3) is 0 Å². The number of rotatable bonds is 4. The molecule has 2 rings (SSSR count). The topological polar surface area (TPSA) is 65.6 Å². The molecule has 0 aliphatic heterocycles. The summed E-state index contributed by atoms with van der Waals surface area (Å²) in [4.78, 5) is 23.6. The molecule has 0 spiro atoms. The summed E-state index contributed by atoms with van der Waals surface area (Å²) >= 11 is 1.62. The molecule has 0 fully saturated rings. The molecule has 2 aromatic rings. The van der Waals surface area contributed by atoms with Crippen LogP contribution in [0, 0.1) is 0 Å². The van der Waals surface area contributed by atoms with Gasteiger partial charge in [0.2, 0.25) is 5.78 Å². The van der Waals surface area contributed by atoms with E-state index in [1.165, 1.54) is 0 Å². The van der Waals surface area contributed by atoms with Crippen LogP contribution in [0.3, 0.4) is 0 Å². The Balaban J connectivity index is 0.00000162. The Labute approximate surface area is 109 Å². The summed E-state index contributed by atoms with van der Waals surface area (Å²) in [5.74, 6) is -0.485. The predicted octanol–water partition coefficient (Wildman–Crippen LogP) is 2.39. The molecule has 0 atom stereocenters. The van der Waals surface area contributed by atoms with Gasteiger partial charge in [0.15, 0.2) is 6.29 Å². The van der Waals surface area contributed by atoms with E-state index in [0.29, 0.717) is 11.8 Å². The van der Waals surface area contributed by atoms with E-state index in [1.807, 2.05) is 42.5 Å². The molecule has 2 N–H and O–H groups in total. The summed E-state index contributed by atoms with van der Waals surface area (Å²) in [6, 6.07) is 17.0. The second kappa shape index (κ2) is 6.74. The Hall–Kier alpha value is -1.91. The number of Topliss-reactive ketones (excluding diaryl/α,β-unsaturated/α-hetero) is 1. The minimum atomic E-state index is -0.485. The highest BCUT2D eigenvalue weighted by Gasteiger charge is 2.03. The first-order valence-corrected chi connectivity index (χ1v) is 5.94. The van der Waals surface area contributed by atoms with Crippen LogP contribution in [0.4, 0.5) is 0 Å². The van der Waals surface area contributed by atoms with E-state index in [9.17, 15) is 9.59 Å². The van der Waals surface area contributed by atoms with E-state index < -0.39 is 5.78 Å². The Bertz CT molecular complexity index is 520. The summed E-state index contributed by atoms with van der Waals surface area (Å²) < 4.78 is 0. The fourth-order valence-electron chi connectivity index (χ4n) is 1.38. The molecule has 92 valence electrons. The average Bonchev–Trinajstić information content (AvgIpc) is 2.40. The third-order valence-corrected chi connectivity index (χ3v) is 3.24. The van der Waals surface area contributed by atoms with Crippen molar-refractivity contribution in [2.75, 3.05) is 0 Å². The maximum absolute atomic E-state index is 11.1. The smallest absolute Gasteiger partial charge is 0.225 e. The van der Waals surface area contributed by atoms with Crippen LogP contribution in [-0.4, -0.2) is 17.5 Å². The molecule has 0 unspecified atom stereocenters. The largest absolute Gasteiger partial charge is 0.412 e. The molecule has 0 aliphatic rings. The van der Waals surface area contributed by atoms with E-state index in [4.69, 9.17) is 0 Å². The zero-order chi connectivity index (χ0) is 12.1. The predicted molar refractivity (Wildman–Crippen MR) is 71.0 cm³/mol. The molecule has 3 nitrogen and oxygen atoms in total. The van der Waals surface area contributed by atoms with Crippen molar-refractivity contribution >= 4 is 23.8 Å². The lowest BCUT2D eigenvalue weighted by atomic mass is 10.1. The van der Waals surface area contributed by atoms with Gasteiger partial charge in [-0.3, -0.25) is 9.59 Å². The zero-order valence-electron chi connectivity index (χ0n) is 9.50. The van der Waals surface area contributed by atoms with Gasteiger partial charge in [0.1, 0.15) is 0 Å². The van der Waals surface area contributed by atoms with E-state index in [-0.39, 0.29) is 5.48 Å². The first-order chi connectivity index (χ1) is 8.29. The number of aldehydes is 1. The molecular formula is C14H12O3S. The second-order valence-electron chi connectivity index (χ2n) is 3.42. The van der Waals surface area contributed by atoms with Gasteiger partial charge in [-0.25, -0.2) is 0 Å². The Kier molecular flexibility index (Phi) is 5.30. The third kappa shape index (κ3) is 3.55. The number of hydrogen-bond donors (Lipinski definition) is 0. The van der Waals surface area contributed by atoms with Crippen molar-refractivity contribution in [3.63, 3.8) is 0 Å². The van der Waals surface area contributed by atoms with Crippen LogP contribution >= 0.6 is 11.8 Å². The molecule has 18 heavy (non-hydrogen) atoms. The van der Waals surface area contributed by atoms with E-state index in [0.717, 1.165) is 9.79 Å². The molecule has 0 saturated carbocycles. The van der Waals surface area contributed by atoms with Crippen LogP contribution in [0.2, 0.25) is 0 Å². The Morgan fingerprint density at radius 3 is 2.00 bits per heavy atom. The van der Waals surface area contributed by atoms with Gasteiger partial charge in [0.05, 0.1) is 0 Å². The van der Waals surface area contributed by atoms with Gasteiger partial charge in [-0.1, -0.05) is 30.0 Å². The first kappa shape index (κ1) is 14.2. The van der Waals surface area contributed by atoms with Crippen LogP contribution in [0.1, 0.15) is 10.4 Å². The third-order valence-electron chi connectivity index (χ3n) is 2.22. The molecule has 0 radical (unpaired) electrons. The normalized spacial score (nSPS) is 9.33. The monoisotopic (exact) mass is 260 g/mol. The van der Waals surface area contributed by atoms with Crippen molar-refractivity contribution in [1.82, 2.24) is 0 Å². The zero-order valence-corrected chi connectivity index (χ0v) is 10.3. The Morgan fingerprint density at radius 1 is 0.889 bits per heavy atom. The van der Waals surface area contributed by atoms with Crippen LogP contribution in [-0.2, 0) is 4.79 Å². The summed E-state index contributed by atoms with van der Waals surface area (Å²) in [6.07, 6.45) is 0.333. The summed E-state index contributed by atoms with van der Waals surface area (Å²) in [7, 11) is 0. The number of benzene rings is 2. The van der Waals surface area contributed by atoms with Crippen molar-refractivity contribution in [1.29, 1.82) is 0 Å².